The second-order valence-corrected chi connectivity index (χ2v) is 6.62. The molecule has 0 aromatic heterocycles. The molecule has 0 aliphatic carbocycles. The molecule has 0 unspecified atom stereocenters. The number of rotatable bonds is 7. The van der Waals surface area contributed by atoms with Gasteiger partial charge in [0, 0.05) is 45.3 Å². The Hall–Kier alpha value is -2.24. The average molecular weight is 356 g/mol. The lowest BCUT2D eigenvalue weighted by molar-refractivity contribution is 0.122. The first kappa shape index (κ1) is 18.5. The summed E-state index contributed by atoms with van der Waals surface area (Å²) in [5.74, 6) is 2.61. The van der Waals surface area contributed by atoms with Gasteiger partial charge in [0.05, 0.1) is 21.3 Å². The number of ether oxygens (including phenoxy) is 3. The van der Waals surface area contributed by atoms with E-state index in [-0.39, 0.29) is 0 Å². The average Bonchev–Trinajstić information content (AvgIpc) is 2.69. The first-order valence-corrected chi connectivity index (χ1v) is 9.00. The van der Waals surface area contributed by atoms with Crippen molar-refractivity contribution in [3.63, 3.8) is 0 Å². The zero-order valence-corrected chi connectivity index (χ0v) is 15.9. The minimum Gasteiger partial charge on any atom is -0.497 e. The van der Waals surface area contributed by atoms with E-state index < -0.39 is 0 Å². The quantitative estimate of drug-likeness (QED) is 0.762. The van der Waals surface area contributed by atoms with Crippen LogP contribution in [0.5, 0.6) is 17.2 Å². The molecule has 1 aliphatic rings. The van der Waals surface area contributed by atoms with Gasteiger partial charge in [0.2, 0.25) is 0 Å². The zero-order valence-electron chi connectivity index (χ0n) is 15.9. The van der Waals surface area contributed by atoms with E-state index in [1.807, 2.05) is 12.1 Å². The number of benzene rings is 2. The van der Waals surface area contributed by atoms with Gasteiger partial charge in [-0.25, -0.2) is 0 Å². The molecular weight excluding hydrogens is 328 g/mol. The van der Waals surface area contributed by atoms with Crippen molar-refractivity contribution in [2.45, 2.75) is 13.1 Å². The van der Waals surface area contributed by atoms with Crippen molar-refractivity contribution < 1.29 is 14.2 Å². The van der Waals surface area contributed by atoms with Crippen LogP contribution in [0.3, 0.4) is 0 Å². The van der Waals surface area contributed by atoms with Gasteiger partial charge in [0.1, 0.15) is 17.2 Å². The molecule has 2 aromatic carbocycles. The topological polar surface area (TPSA) is 34.2 Å². The lowest BCUT2D eigenvalue weighted by Crippen LogP contribution is -2.45. The van der Waals surface area contributed by atoms with Crippen LogP contribution in [-0.4, -0.2) is 57.3 Å². The highest BCUT2D eigenvalue weighted by molar-refractivity contribution is 5.38. The normalized spacial score (nSPS) is 15.7. The van der Waals surface area contributed by atoms with Gasteiger partial charge < -0.3 is 14.2 Å². The van der Waals surface area contributed by atoms with Crippen LogP contribution < -0.4 is 14.2 Å². The molecule has 140 valence electrons. The molecule has 0 N–H and O–H groups in total. The second kappa shape index (κ2) is 8.92. The van der Waals surface area contributed by atoms with Crippen LogP contribution in [0.25, 0.3) is 0 Å². The van der Waals surface area contributed by atoms with Crippen LogP contribution in [0, 0.1) is 0 Å². The van der Waals surface area contributed by atoms with Crippen LogP contribution in [-0.2, 0) is 13.1 Å². The van der Waals surface area contributed by atoms with Gasteiger partial charge in [-0.15, -0.1) is 0 Å². The molecule has 0 atom stereocenters. The molecular formula is C21H28N2O3. The Morgan fingerprint density at radius 3 is 1.69 bits per heavy atom. The first-order chi connectivity index (χ1) is 12.7. The first-order valence-electron chi connectivity index (χ1n) is 9.00. The number of piperazine rings is 1. The van der Waals surface area contributed by atoms with E-state index in [4.69, 9.17) is 14.2 Å². The molecule has 0 bridgehead atoms. The van der Waals surface area contributed by atoms with Crippen molar-refractivity contribution in [2.75, 3.05) is 47.5 Å². The molecule has 26 heavy (non-hydrogen) atoms. The summed E-state index contributed by atoms with van der Waals surface area (Å²) in [6.45, 7) is 6.14. The van der Waals surface area contributed by atoms with Crippen molar-refractivity contribution in [3.05, 3.63) is 53.6 Å². The van der Waals surface area contributed by atoms with Gasteiger partial charge in [-0.1, -0.05) is 12.1 Å². The van der Waals surface area contributed by atoms with E-state index in [1.54, 1.807) is 21.3 Å². The fourth-order valence-electron chi connectivity index (χ4n) is 3.35. The van der Waals surface area contributed by atoms with Crippen molar-refractivity contribution in [1.29, 1.82) is 0 Å². The van der Waals surface area contributed by atoms with Crippen LogP contribution in [0.1, 0.15) is 11.1 Å². The van der Waals surface area contributed by atoms with E-state index in [0.29, 0.717) is 0 Å². The third-order valence-electron chi connectivity index (χ3n) is 4.82. The largest absolute Gasteiger partial charge is 0.497 e. The van der Waals surface area contributed by atoms with E-state index in [2.05, 4.69) is 40.1 Å². The summed E-state index contributed by atoms with van der Waals surface area (Å²) in [7, 11) is 5.09. The zero-order chi connectivity index (χ0) is 18.4. The number of hydrogen-bond acceptors (Lipinski definition) is 5. The van der Waals surface area contributed by atoms with Crippen LogP contribution >= 0.6 is 0 Å². The molecule has 1 aliphatic heterocycles. The molecule has 0 amide bonds. The summed E-state index contributed by atoms with van der Waals surface area (Å²) in [5.41, 5.74) is 2.53. The maximum Gasteiger partial charge on any atom is 0.122 e. The van der Waals surface area contributed by atoms with Crippen molar-refractivity contribution in [2.24, 2.45) is 0 Å². The molecule has 1 saturated heterocycles. The SMILES string of the molecule is COc1cccc(CN2CCN(Cc3cc(OC)cc(OC)c3)CC2)c1. The lowest BCUT2D eigenvalue weighted by atomic mass is 10.1. The van der Waals surface area contributed by atoms with Crippen LogP contribution in [0.4, 0.5) is 0 Å². The van der Waals surface area contributed by atoms with Crippen molar-refractivity contribution >= 4 is 0 Å². The standard InChI is InChI=1S/C21H28N2O3/c1-24-19-6-4-5-17(11-19)15-22-7-9-23(10-8-22)16-18-12-20(25-2)14-21(13-18)26-3/h4-6,11-14H,7-10,15-16H2,1-3H3. The minimum atomic E-state index is 0.844. The summed E-state index contributed by atoms with van der Waals surface area (Å²) in [6.07, 6.45) is 0. The Balaban J connectivity index is 1.53. The highest BCUT2D eigenvalue weighted by Crippen LogP contribution is 2.24. The Bertz CT molecular complexity index is 690. The monoisotopic (exact) mass is 356 g/mol. The van der Waals surface area contributed by atoms with E-state index in [9.17, 15) is 0 Å². The smallest absolute Gasteiger partial charge is 0.122 e. The van der Waals surface area contributed by atoms with Crippen molar-refractivity contribution in [1.82, 2.24) is 9.80 Å². The summed E-state index contributed by atoms with van der Waals surface area (Å²) in [5, 5.41) is 0. The van der Waals surface area contributed by atoms with Gasteiger partial charge >= 0.3 is 0 Å². The maximum absolute atomic E-state index is 5.37. The highest BCUT2D eigenvalue weighted by Gasteiger charge is 2.18. The van der Waals surface area contributed by atoms with E-state index in [0.717, 1.165) is 56.5 Å². The predicted molar refractivity (Wildman–Crippen MR) is 103 cm³/mol. The summed E-state index contributed by atoms with van der Waals surface area (Å²) < 4.78 is 16.1. The predicted octanol–water partition coefficient (Wildman–Crippen LogP) is 3.03. The highest BCUT2D eigenvalue weighted by atomic mass is 16.5. The van der Waals surface area contributed by atoms with Gasteiger partial charge in [0.25, 0.3) is 0 Å². The molecule has 3 rings (SSSR count). The molecule has 0 radical (unpaired) electrons. The Kier molecular flexibility index (Phi) is 6.36. The summed E-state index contributed by atoms with van der Waals surface area (Å²) >= 11 is 0. The van der Waals surface area contributed by atoms with Crippen LogP contribution in [0.15, 0.2) is 42.5 Å². The van der Waals surface area contributed by atoms with Gasteiger partial charge in [-0.3, -0.25) is 9.80 Å². The van der Waals surface area contributed by atoms with Gasteiger partial charge in [-0.2, -0.15) is 0 Å². The third-order valence-corrected chi connectivity index (χ3v) is 4.82. The van der Waals surface area contributed by atoms with Crippen LogP contribution in [0.2, 0.25) is 0 Å². The molecule has 1 fully saturated rings. The third kappa shape index (κ3) is 4.90. The number of nitrogens with zero attached hydrogens (tertiary/aromatic N) is 2. The molecule has 0 saturated carbocycles. The fraction of sp³-hybridized carbons (Fsp3) is 0.429. The second-order valence-electron chi connectivity index (χ2n) is 6.62. The van der Waals surface area contributed by atoms with Gasteiger partial charge in [-0.05, 0) is 35.4 Å². The number of hydrogen-bond donors (Lipinski definition) is 0. The molecule has 0 spiro atoms. The van der Waals surface area contributed by atoms with Crippen molar-refractivity contribution in [3.8, 4) is 17.2 Å². The van der Waals surface area contributed by atoms with Gasteiger partial charge in [0.15, 0.2) is 0 Å². The maximum atomic E-state index is 5.37. The molecule has 1 heterocycles. The minimum absolute atomic E-state index is 0.844. The Labute approximate surface area is 156 Å². The lowest BCUT2D eigenvalue weighted by Gasteiger charge is -2.34. The fourth-order valence-corrected chi connectivity index (χ4v) is 3.35. The molecule has 2 aromatic rings. The summed E-state index contributed by atoms with van der Waals surface area (Å²) in [6, 6.07) is 14.4. The molecule has 5 nitrogen and oxygen atoms in total. The number of methoxy groups -OCH3 is 3. The summed E-state index contributed by atoms with van der Waals surface area (Å²) in [4.78, 5) is 4.98. The molecule has 5 heteroatoms. The van der Waals surface area contributed by atoms with E-state index in [1.165, 1.54) is 11.1 Å². The Morgan fingerprint density at radius 2 is 1.15 bits per heavy atom. The Morgan fingerprint density at radius 1 is 0.654 bits per heavy atom. The van der Waals surface area contributed by atoms with E-state index >= 15 is 0 Å².